The van der Waals surface area contributed by atoms with E-state index < -0.39 is 58.2 Å². The van der Waals surface area contributed by atoms with Gasteiger partial charge in [0, 0.05) is 11.1 Å². The van der Waals surface area contributed by atoms with Crippen LogP contribution in [0, 0.1) is 164 Å². The van der Waals surface area contributed by atoms with E-state index in [9.17, 15) is 43.9 Å². The van der Waals surface area contributed by atoms with Crippen LogP contribution >= 0.6 is 0 Å². The molecule has 7 aromatic rings. The number of hydrogen-bond donors (Lipinski definition) is 0. The number of hydrogen-bond acceptors (Lipinski definition) is 2. The Labute approximate surface area is 688 Å². The highest BCUT2D eigenvalue weighted by atomic mass is 19.2. The van der Waals surface area contributed by atoms with Crippen LogP contribution in [0.15, 0.2) is 172 Å². The molecular weight excluding hydrogens is 1470 g/mol. The Kier molecular flexibility index (Phi) is 34.9. The van der Waals surface area contributed by atoms with E-state index >= 15 is 0 Å². The lowest BCUT2D eigenvalue weighted by Gasteiger charge is -2.37. The lowest BCUT2D eigenvalue weighted by Crippen LogP contribution is -2.27. The van der Waals surface area contributed by atoms with Gasteiger partial charge < -0.3 is 9.47 Å². The summed E-state index contributed by atoms with van der Waals surface area (Å²) in [5.74, 6) is 2.15. The molecule has 14 rings (SSSR count). The van der Waals surface area contributed by atoms with Gasteiger partial charge in [-0.25, -0.2) is 35.1 Å². The third kappa shape index (κ3) is 24.7. The third-order valence-corrected chi connectivity index (χ3v) is 27.6. The Balaban J connectivity index is 0.000000154. The average molecular weight is 1600 g/mol. The molecule has 0 aromatic heterocycles. The molecule has 7 aliphatic carbocycles. The summed E-state index contributed by atoms with van der Waals surface area (Å²) in [6.45, 7) is 26.4. The number of benzene rings is 7. The Morgan fingerprint density at radius 3 is 0.991 bits per heavy atom. The van der Waals surface area contributed by atoms with Crippen LogP contribution in [-0.4, -0.2) is 13.2 Å². The molecular formula is C104H128F10O2. The van der Waals surface area contributed by atoms with E-state index in [1.54, 1.807) is 89.2 Å². The van der Waals surface area contributed by atoms with Crippen molar-refractivity contribution in [2.75, 3.05) is 13.2 Å². The second-order valence-electron chi connectivity index (χ2n) is 35.0. The molecule has 0 heterocycles. The van der Waals surface area contributed by atoms with E-state index in [1.807, 2.05) is 42.5 Å². The Hall–Kier alpha value is -7.86. The van der Waals surface area contributed by atoms with Crippen molar-refractivity contribution in [1.82, 2.24) is 0 Å². The largest absolute Gasteiger partial charge is 0.490 e. The highest BCUT2D eigenvalue weighted by Crippen LogP contribution is 2.48. The van der Waals surface area contributed by atoms with Gasteiger partial charge in [-0.15, -0.1) is 26.3 Å². The van der Waals surface area contributed by atoms with Crippen molar-refractivity contribution in [3.05, 3.63) is 275 Å². The van der Waals surface area contributed by atoms with Crippen LogP contribution in [0.2, 0.25) is 0 Å². The molecule has 0 atom stereocenters. The highest BCUT2D eigenvalue weighted by Gasteiger charge is 2.35. The van der Waals surface area contributed by atoms with Crippen LogP contribution in [-0.2, 0) is 6.42 Å². The predicted octanol–water partition coefficient (Wildman–Crippen LogP) is 31.3. The minimum Gasteiger partial charge on any atom is -0.490 e. The van der Waals surface area contributed by atoms with Crippen molar-refractivity contribution in [2.24, 2.45) is 71.0 Å². The number of ether oxygens (including phenoxy) is 2. The molecule has 0 amide bonds. The molecule has 0 saturated heterocycles. The maximum absolute atomic E-state index is 14.2. The summed E-state index contributed by atoms with van der Waals surface area (Å²) in [7, 11) is 0. The van der Waals surface area contributed by atoms with Crippen molar-refractivity contribution in [2.45, 2.75) is 246 Å². The normalized spacial score (nSPS) is 25.4. The maximum atomic E-state index is 14.2. The standard InChI is InChI=1S/C23H32F2O.C22H30F2O.C21H28F2.C21H22F2.C17H16F2/c1-3-4-17-6-10-19(11-7-17)20-12-8-18(9-13-20)15-26-21-14-5-16(2)22(24)23(21)25;1-3-16-5-9-18(10-6-16)19-11-7-17(8-12-19)14-25-20-13-4-15(2)21(23)22(20)24;2*1-3-15-5-7-16(8-6-15)17-9-11-18(12-10-17)19-13-4-14(2)20(22)21(19)23;1-3-4-5-13-7-9-14(10-8-13)15-11-6-12(2)16(18)17(15)19/h3-5,14,17-20H,6-13,15H2,1-2H3;3-4,13,16-19H,1,5-12,14H2,2H3;3-4,13,15-18H,1,5-12H2,2H3;3-4,9-13,15-16H,1,5-8H2,2H3;3,6-11H,1,4-5H2,2H3/b4-3+;;;;. The van der Waals surface area contributed by atoms with E-state index in [2.05, 4.69) is 75.8 Å². The quantitative estimate of drug-likeness (QED) is 0.0559. The summed E-state index contributed by atoms with van der Waals surface area (Å²) in [5.41, 5.74) is 6.81. The summed E-state index contributed by atoms with van der Waals surface area (Å²) >= 11 is 0. The molecule has 626 valence electrons. The number of halogens is 10. The van der Waals surface area contributed by atoms with Crippen molar-refractivity contribution >= 4 is 0 Å². The van der Waals surface area contributed by atoms with E-state index in [0.29, 0.717) is 92.9 Å². The van der Waals surface area contributed by atoms with Gasteiger partial charge in [-0.05, 0) is 385 Å². The number of rotatable bonds is 20. The lowest BCUT2D eigenvalue weighted by molar-refractivity contribution is 0.127. The first-order valence-corrected chi connectivity index (χ1v) is 43.8. The minimum atomic E-state index is -0.854. The van der Waals surface area contributed by atoms with Gasteiger partial charge in [0.1, 0.15) is 0 Å². The van der Waals surface area contributed by atoms with Crippen LogP contribution in [0.4, 0.5) is 43.9 Å². The SMILES string of the molecule is C/C=C/C1CCC(C2CCC(COc3ccc(C)c(F)c3F)CC2)CC1.C=CC1CCC(C2CCC(COc3ccc(C)c(F)c3F)CC2)CC1.C=CC1CCC(C2CCC(c3ccc(C)c(F)c3F)CC2)CC1.C=CC1CCC(c2ccc(-c3ccc(C)c(F)c3F)cc2)CC1.C=CCCc1ccc(-c2ccc(C)c(F)c2F)cc1. The summed E-state index contributed by atoms with van der Waals surface area (Å²) in [5, 5.41) is 0. The number of allylic oxidation sites excluding steroid dienone is 6. The van der Waals surface area contributed by atoms with Crippen LogP contribution in [0.25, 0.3) is 22.3 Å². The minimum absolute atomic E-state index is 0.0490. The van der Waals surface area contributed by atoms with Gasteiger partial charge in [0.2, 0.25) is 11.6 Å². The van der Waals surface area contributed by atoms with Gasteiger partial charge in [0.05, 0.1) is 13.2 Å². The topological polar surface area (TPSA) is 18.5 Å². The van der Waals surface area contributed by atoms with Gasteiger partial charge in [0.15, 0.2) is 58.0 Å². The fourth-order valence-electron chi connectivity index (χ4n) is 19.7. The van der Waals surface area contributed by atoms with Crippen LogP contribution in [0.5, 0.6) is 11.5 Å². The van der Waals surface area contributed by atoms with Gasteiger partial charge in [-0.3, -0.25) is 0 Å². The van der Waals surface area contributed by atoms with Crippen molar-refractivity contribution < 1.29 is 53.4 Å². The highest BCUT2D eigenvalue weighted by molar-refractivity contribution is 5.66. The zero-order chi connectivity index (χ0) is 83.0. The third-order valence-electron chi connectivity index (χ3n) is 27.6. The molecule has 2 nitrogen and oxygen atoms in total. The smallest absolute Gasteiger partial charge is 0.200 e. The fraction of sp³-hybridized carbons (Fsp3) is 0.500. The first-order valence-electron chi connectivity index (χ1n) is 43.8. The molecule has 0 unspecified atom stereocenters. The summed E-state index contributed by atoms with van der Waals surface area (Å²) in [6, 6.07) is 31.7. The Bertz CT molecular complexity index is 4290. The van der Waals surface area contributed by atoms with Crippen molar-refractivity contribution in [3.8, 4) is 33.8 Å². The number of aryl methyl sites for hydroxylation is 6. The second kappa shape index (κ2) is 44.8. The zero-order valence-electron chi connectivity index (χ0n) is 70.0. The maximum Gasteiger partial charge on any atom is 0.200 e. The molecule has 7 fully saturated rings. The van der Waals surface area contributed by atoms with Crippen LogP contribution in [0.3, 0.4) is 0 Å². The van der Waals surface area contributed by atoms with Crippen LogP contribution < -0.4 is 9.47 Å². The van der Waals surface area contributed by atoms with Crippen molar-refractivity contribution in [1.29, 1.82) is 0 Å². The van der Waals surface area contributed by atoms with Gasteiger partial charge in [-0.2, -0.15) is 8.78 Å². The van der Waals surface area contributed by atoms with Gasteiger partial charge in [-0.1, -0.05) is 134 Å². The molecule has 116 heavy (non-hydrogen) atoms. The molecule has 7 aliphatic rings. The Morgan fingerprint density at radius 2 is 0.621 bits per heavy atom. The first-order chi connectivity index (χ1) is 56.0. The second-order valence-corrected chi connectivity index (χ2v) is 35.0. The predicted molar refractivity (Wildman–Crippen MR) is 458 cm³/mol. The van der Waals surface area contributed by atoms with Gasteiger partial charge >= 0.3 is 0 Å². The molecule has 0 aliphatic heterocycles. The summed E-state index contributed by atoms with van der Waals surface area (Å²) in [6.07, 6.45) is 49.1. The van der Waals surface area contributed by atoms with E-state index in [1.165, 1.54) is 153 Å². The summed E-state index contributed by atoms with van der Waals surface area (Å²) in [4.78, 5) is 0. The summed E-state index contributed by atoms with van der Waals surface area (Å²) < 4.78 is 149. The van der Waals surface area contributed by atoms with E-state index in [4.69, 9.17) is 9.47 Å². The average Bonchev–Trinajstić information content (AvgIpc) is 0.810. The Morgan fingerprint density at radius 1 is 0.310 bits per heavy atom. The van der Waals surface area contributed by atoms with E-state index in [-0.39, 0.29) is 17.4 Å². The van der Waals surface area contributed by atoms with Gasteiger partial charge in [0.25, 0.3) is 0 Å². The van der Waals surface area contributed by atoms with Crippen molar-refractivity contribution in [3.63, 3.8) is 0 Å². The molecule has 7 aromatic carbocycles. The monoisotopic (exact) mass is 1600 g/mol. The van der Waals surface area contributed by atoms with Crippen LogP contribution in [0.1, 0.15) is 249 Å². The molecule has 0 radical (unpaired) electrons. The van der Waals surface area contributed by atoms with E-state index in [0.717, 1.165) is 110 Å². The fourth-order valence-corrected chi connectivity index (χ4v) is 19.7. The zero-order valence-corrected chi connectivity index (χ0v) is 70.0. The lowest BCUT2D eigenvalue weighted by atomic mass is 9.68. The molecule has 0 N–H and O–H groups in total. The molecule has 0 bridgehead atoms. The molecule has 12 heteroatoms. The molecule has 0 spiro atoms. The first kappa shape index (κ1) is 90.5. The molecule has 7 saturated carbocycles.